The van der Waals surface area contributed by atoms with E-state index in [1.54, 1.807) is 30.3 Å². The van der Waals surface area contributed by atoms with Gasteiger partial charge in [0.15, 0.2) is 5.75 Å². The number of nitrogens with zero attached hydrogens (tertiary/aromatic N) is 1. The van der Waals surface area contributed by atoms with Gasteiger partial charge in [0.1, 0.15) is 12.9 Å². The molecule has 0 radical (unpaired) electrons. The van der Waals surface area contributed by atoms with Crippen molar-refractivity contribution in [2.24, 2.45) is 0 Å². The van der Waals surface area contributed by atoms with E-state index in [1.165, 1.54) is 0 Å². The number of nitro benzene ring substituents is 1. The van der Waals surface area contributed by atoms with Crippen LogP contribution in [0.25, 0.3) is 0 Å². The van der Waals surface area contributed by atoms with Gasteiger partial charge < -0.3 is 8.92 Å². The second-order valence-corrected chi connectivity index (χ2v) is 6.54. The minimum atomic E-state index is -6.20. The van der Waals surface area contributed by atoms with Gasteiger partial charge in [-0.3, -0.25) is 14.9 Å². The monoisotopic (exact) mass is 405 g/mol. The molecule has 0 aliphatic heterocycles. The van der Waals surface area contributed by atoms with Gasteiger partial charge in [0.05, 0.1) is 4.92 Å². The van der Waals surface area contributed by atoms with E-state index in [4.69, 9.17) is 4.74 Å². The largest absolute Gasteiger partial charge is 0.534 e. The zero-order valence-corrected chi connectivity index (χ0v) is 14.0. The summed E-state index contributed by atoms with van der Waals surface area (Å²) >= 11 is 0. The van der Waals surface area contributed by atoms with Crippen LogP contribution in [0, 0.1) is 10.1 Å². The molecular weight excluding hydrogens is 395 g/mol. The first kappa shape index (κ1) is 20.2. The first-order valence-corrected chi connectivity index (χ1v) is 8.41. The summed E-state index contributed by atoms with van der Waals surface area (Å²) in [6, 6.07) is 9.54. The summed E-state index contributed by atoms with van der Waals surface area (Å²) in [4.78, 5) is 20.9. The smallest absolute Gasteiger partial charge is 0.485 e. The van der Waals surface area contributed by atoms with Crippen LogP contribution in [0.15, 0.2) is 42.5 Å². The minimum absolute atomic E-state index is 0.185. The topological polar surface area (TPSA) is 113 Å². The number of hydrogen-bond acceptors (Lipinski definition) is 7. The van der Waals surface area contributed by atoms with Crippen molar-refractivity contribution in [1.82, 2.24) is 0 Å². The zero-order chi connectivity index (χ0) is 20.2. The molecule has 0 spiro atoms. The summed E-state index contributed by atoms with van der Waals surface area (Å²) in [7, 11) is -6.20. The molecule has 0 amide bonds. The third-order valence-electron chi connectivity index (χ3n) is 3.10. The normalized spacial score (nSPS) is 11.7. The van der Waals surface area contributed by atoms with Crippen LogP contribution >= 0.6 is 0 Å². The van der Waals surface area contributed by atoms with Crippen LogP contribution in [0.2, 0.25) is 0 Å². The molecule has 0 atom stereocenters. The highest BCUT2D eigenvalue weighted by atomic mass is 32.2. The fraction of sp³-hybridized carbons (Fsp3) is 0.133. The molecule has 0 aliphatic carbocycles. The second kappa shape index (κ2) is 7.61. The Labute approximate surface area is 150 Å². The van der Waals surface area contributed by atoms with Crippen molar-refractivity contribution < 1.29 is 40.2 Å². The van der Waals surface area contributed by atoms with Crippen LogP contribution in [-0.4, -0.2) is 25.1 Å². The van der Waals surface area contributed by atoms with E-state index in [0.29, 0.717) is 11.6 Å². The van der Waals surface area contributed by atoms with Crippen LogP contribution in [0.5, 0.6) is 11.5 Å². The van der Waals surface area contributed by atoms with Crippen molar-refractivity contribution >= 4 is 22.1 Å². The van der Waals surface area contributed by atoms with Crippen LogP contribution in [0.3, 0.4) is 0 Å². The number of benzene rings is 2. The van der Waals surface area contributed by atoms with E-state index in [0.717, 1.165) is 6.07 Å². The second-order valence-electron chi connectivity index (χ2n) is 5.00. The average Bonchev–Trinajstić information content (AvgIpc) is 2.60. The lowest BCUT2D eigenvalue weighted by molar-refractivity contribution is -0.385. The molecule has 0 aromatic heterocycles. The summed E-state index contributed by atoms with van der Waals surface area (Å²) in [6.07, 6.45) is 0.185. The molecule has 8 nitrogen and oxygen atoms in total. The quantitative estimate of drug-likeness (QED) is 0.228. The molecule has 144 valence electrons. The van der Waals surface area contributed by atoms with Gasteiger partial charge in [-0.15, -0.1) is 0 Å². The van der Waals surface area contributed by atoms with Crippen molar-refractivity contribution in [3.8, 4) is 11.5 Å². The predicted molar refractivity (Wildman–Crippen MR) is 84.9 cm³/mol. The van der Waals surface area contributed by atoms with Gasteiger partial charge in [-0.25, -0.2) is 0 Å². The summed E-state index contributed by atoms with van der Waals surface area (Å²) in [5, 5.41) is 11.1. The van der Waals surface area contributed by atoms with Crippen molar-refractivity contribution in [2.45, 2.75) is 12.1 Å². The third-order valence-corrected chi connectivity index (χ3v) is 4.06. The first-order chi connectivity index (χ1) is 12.5. The van der Waals surface area contributed by atoms with E-state index < -0.39 is 37.7 Å². The lowest BCUT2D eigenvalue weighted by atomic mass is 10.2. The van der Waals surface area contributed by atoms with Gasteiger partial charge >= 0.3 is 21.3 Å². The van der Waals surface area contributed by atoms with E-state index in [1.807, 2.05) is 0 Å². The highest BCUT2D eigenvalue weighted by Gasteiger charge is 2.50. The summed E-state index contributed by atoms with van der Waals surface area (Å²) < 4.78 is 69.5. The van der Waals surface area contributed by atoms with Crippen LogP contribution in [0.1, 0.15) is 15.9 Å². The van der Waals surface area contributed by atoms with Crippen LogP contribution < -0.4 is 8.92 Å². The van der Waals surface area contributed by atoms with Crippen LogP contribution in [-0.2, 0) is 16.7 Å². The van der Waals surface area contributed by atoms with Gasteiger partial charge in [0.25, 0.3) is 5.75 Å². The third kappa shape index (κ3) is 4.73. The lowest BCUT2D eigenvalue weighted by Crippen LogP contribution is -2.28. The Balaban J connectivity index is 2.53. The average molecular weight is 405 g/mol. The molecule has 0 heterocycles. The molecule has 0 fully saturated rings. The number of nitro groups is 1. The number of ether oxygens (including phenoxy) is 1. The van der Waals surface area contributed by atoms with Gasteiger partial charge in [0, 0.05) is 11.6 Å². The van der Waals surface area contributed by atoms with Gasteiger partial charge in [-0.05, 0) is 11.6 Å². The molecule has 0 N–H and O–H groups in total. The Morgan fingerprint density at radius 2 is 1.78 bits per heavy atom. The Hall–Kier alpha value is -3.15. The maximum absolute atomic E-state index is 12.6. The number of rotatable bonds is 7. The van der Waals surface area contributed by atoms with E-state index in [9.17, 15) is 36.5 Å². The van der Waals surface area contributed by atoms with E-state index >= 15 is 0 Å². The highest BCUT2D eigenvalue weighted by Crippen LogP contribution is 2.41. The molecular formula is C15H10F3NO7S. The van der Waals surface area contributed by atoms with Gasteiger partial charge in [-0.1, -0.05) is 30.3 Å². The molecule has 0 saturated heterocycles. The Morgan fingerprint density at radius 3 is 2.30 bits per heavy atom. The fourth-order valence-corrected chi connectivity index (χ4v) is 2.38. The molecule has 0 unspecified atom stereocenters. The number of carbonyl (C=O) groups is 1. The van der Waals surface area contributed by atoms with Crippen molar-refractivity contribution in [3.63, 3.8) is 0 Å². The molecule has 0 saturated carbocycles. The zero-order valence-electron chi connectivity index (χ0n) is 13.2. The highest BCUT2D eigenvalue weighted by molar-refractivity contribution is 7.88. The molecule has 12 heteroatoms. The molecule has 2 aromatic carbocycles. The van der Waals surface area contributed by atoms with Crippen LogP contribution in [0.4, 0.5) is 18.9 Å². The maximum Gasteiger partial charge on any atom is 0.534 e. The summed E-state index contributed by atoms with van der Waals surface area (Å²) in [6.45, 7) is -0.275. The molecule has 2 aromatic rings. The standard InChI is InChI=1S/C15H10F3NO7S/c16-15(17,18)27(23,24)26-14-12(19(21)22)6-11(8-20)7-13(14)25-9-10-4-2-1-3-5-10/h1-8H,9H2. The minimum Gasteiger partial charge on any atom is -0.485 e. The van der Waals surface area contributed by atoms with Crippen molar-refractivity contribution in [1.29, 1.82) is 0 Å². The van der Waals surface area contributed by atoms with Crippen molar-refractivity contribution in [2.75, 3.05) is 0 Å². The van der Waals surface area contributed by atoms with E-state index in [-0.39, 0.29) is 18.5 Å². The SMILES string of the molecule is O=Cc1cc(OCc2ccccc2)c(OS(=O)(=O)C(F)(F)F)c([N+](=O)[O-])c1. The molecule has 0 bridgehead atoms. The first-order valence-electron chi connectivity index (χ1n) is 7.00. The number of carbonyl (C=O) groups excluding carboxylic acids is 1. The lowest BCUT2D eigenvalue weighted by Gasteiger charge is -2.14. The fourth-order valence-electron chi connectivity index (χ4n) is 1.90. The number of aldehydes is 1. The predicted octanol–water partition coefficient (Wildman–Crippen LogP) is 3.21. The Morgan fingerprint density at radius 1 is 1.15 bits per heavy atom. The van der Waals surface area contributed by atoms with Crippen molar-refractivity contribution in [3.05, 3.63) is 63.7 Å². The molecule has 2 rings (SSSR count). The summed E-state index contributed by atoms with van der Waals surface area (Å²) in [5.74, 6) is -1.98. The van der Waals surface area contributed by atoms with Gasteiger partial charge in [-0.2, -0.15) is 21.6 Å². The Kier molecular flexibility index (Phi) is 5.69. The Bertz CT molecular complexity index is 959. The maximum atomic E-state index is 12.6. The molecule has 0 aliphatic rings. The number of alkyl halides is 3. The molecule has 27 heavy (non-hydrogen) atoms. The van der Waals surface area contributed by atoms with Gasteiger partial charge in [0.2, 0.25) is 0 Å². The summed E-state index contributed by atoms with van der Waals surface area (Å²) in [5.41, 5.74) is -6.78. The number of hydrogen-bond donors (Lipinski definition) is 0. The number of halogens is 3. The van der Waals surface area contributed by atoms with E-state index in [2.05, 4.69) is 4.18 Å².